The van der Waals surface area contributed by atoms with Gasteiger partial charge < -0.3 is 27.9 Å². The van der Waals surface area contributed by atoms with Gasteiger partial charge in [0.2, 0.25) is 0 Å². The van der Waals surface area contributed by atoms with Gasteiger partial charge in [-0.1, -0.05) is 241 Å². The molecule has 0 aromatic heterocycles. The third kappa shape index (κ3) is 64.3. The number of hydrogen-bond acceptors (Lipinski definition) is 8. The van der Waals surface area contributed by atoms with E-state index in [1.807, 2.05) is 21.1 Å². The lowest BCUT2D eigenvalue weighted by Crippen LogP contribution is -2.37. The second kappa shape index (κ2) is 60.7. The molecule has 0 fully saturated rings. The number of unbranched alkanes of at least 4 members (excludes halogenated alkanes) is 11. The topological polar surface area (TPSA) is 111 Å². The zero-order chi connectivity index (χ0) is 59.8. The van der Waals surface area contributed by atoms with Crippen LogP contribution in [0.4, 0.5) is 0 Å². The number of rotatable bonds is 55. The Morgan fingerprint density at radius 1 is 0.378 bits per heavy atom. The molecule has 0 spiro atoms. The van der Waals surface area contributed by atoms with Crippen LogP contribution < -0.4 is 4.89 Å². The van der Waals surface area contributed by atoms with Gasteiger partial charge in [0.05, 0.1) is 27.7 Å². The van der Waals surface area contributed by atoms with Gasteiger partial charge in [-0.2, -0.15) is 0 Å². The Morgan fingerprint density at radius 3 is 0.976 bits per heavy atom. The summed E-state index contributed by atoms with van der Waals surface area (Å²) in [6.07, 6.45) is 93.7. The molecule has 2 unspecified atom stereocenters. The summed E-state index contributed by atoms with van der Waals surface area (Å²) in [6.45, 7) is 3.94. The van der Waals surface area contributed by atoms with Crippen molar-refractivity contribution in [3.63, 3.8) is 0 Å². The largest absolute Gasteiger partial charge is 0.756 e. The maximum absolute atomic E-state index is 12.8. The van der Waals surface area contributed by atoms with Crippen molar-refractivity contribution >= 4 is 19.8 Å². The van der Waals surface area contributed by atoms with E-state index in [2.05, 4.69) is 196 Å². The number of ether oxygens (including phenoxy) is 2. The van der Waals surface area contributed by atoms with Gasteiger partial charge in [-0.3, -0.25) is 14.2 Å². The van der Waals surface area contributed by atoms with Gasteiger partial charge in [0.1, 0.15) is 19.8 Å². The van der Waals surface area contributed by atoms with Gasteiger partial charge in [-0.25, -0.2) is 0 Å². The molecule has 0 saturated heterocycles. The van der Waals surface area contributed by atoms with Crippen molar-refractivity contribution in [2.24, 2.45) is 0 Å². The second-order valence-electron chi connectivity index (χ2n) is 21.3. The van der Waals surface area contributed by atoms with E-state index < -0.39 is 32.5 Å². The molecule has 0 amide bonds. The first-order valence-electron chi connectivity index (χ1n) is 31.5. The van der Waals surface area contributed by atoms with Crippen LogP contribution in [0, 0.1) is 0 Å². The molecule has 0 aliphatic carbocycles. The highest BCUT2D eigenvalue weighted by Gasteiger charge is 2.21. The van der Waals surface area contributed by atoms with E-state index in [-0.39, 0.29) is 26.1 Å². The molecule has 0 aliphatic heterocycles. The van der Waals surface area contributed by atoms with E-state index in [0.717, 1.165) is 148 Å². The molecule has 0 heterocycles. The lowest BCUT2D eigenvalue weighted by atomic mass is 10.1. The number of quaternary nitrogens is 1. The van der Waals surface area contributed by atoms with Crippen molar-refractivity contribution in [3.8, 4) is 0 Å². The van der Waals surface area contributed by atoms with E-state index in [1.165, 1.54) is 19.3 Å². The maximum atomic E-state index is 12.8. The number of carbonyl (C=O) groups is 2. The van der Waals surface area contributed by atoms with Gasteiger partial charge in [0, 0.05) is 12.8 Å². The van der Waals surface area contributed by atoms with E-state index in [0.29, 0.717) is 23.9 Å². The Hall–Kier alpha value is -4.89. The fourth-order valence-electron chi connectivity index (χ4n) is 7.65. The Kier molecular flexibility index (Phi) is 57.1. The molecule has 2 atom stereocenters. The van der Waals surface area contributed by atoms with Crippen LogP contribution in [-0.2, 0) is 32.7 Å². The molecule has 0 aliphatic rings. The Balaban J connectivity index is 4.29. The Labute approximate surface area is 501 Å². The smallest absolute Gasteiger partial charge is 0.306 e. The average Bonchev–Trinajstić information content (AvgIpc) is 3.45. The summed E-state index contributed by atoms with van der Waals surface area (Å²) in [6, 6.07) is 0. The van der Waals surface area contributed by atoms with E-state index in [1.54, 1.807) is 0 Å². The summed E-state index contributed by atoms with van der Waals surface area (Å²) in [5.74, 6) is -0.892. The molecule has 9 nitrogen and oxygen atoms in total. The third-order valence-corrected chi connectivity index (χ3v) is 13.4. The monoisotopic (exact) mass is 1150 g/mol. The van der Waals surface area contributed by atoms with Crippen LogP contribution in [0.5, 0.6) is 0 Å². The summed E-state index contributed by atoms with van der Waals surface area (Å²) in [7, 11) is 1.11. The second-order valence-corrected chi connectivity index (χ2v) is 22.7. The Bertz CT molecular complexity index is 2030. The van der Waals surface area contributed by atoms with Crippen molar-refractivity contribution in [2.75, 3.05) is 47.5 Å². The van der Waals surface area contributed by atoms with Gasteiger partial charge >= 0.3 is 11.9 Å². The Morgan fingerprint density at radius 2 is 0.659 bits per heavy atom. The standard InChI is InChI=1S/C72H114NO8P/c1-6-8-10-12-14-16-18-20-22-24-26-28-30-32-34-36-38-40-42-44-46-48-50-52-54-56-58-60-62-64-71(74)78-68-70(69-80-82(76,77)79-67-66-73(3,4)5)81-72(75)65-63-61-59-57-55-53-51-49-47-45-43-41-39-37-35-33-31-29-27-25-23-21-19-17-15-13-11-9-7-2/h8-11,14-17,20-23,26-29,32-35,38-41,44-47,51,53,70H,6-7,12-13,18-19,24-25,30-31,36-37,42-43,48-50,52,54-69H2,1-5H3/b10-8-,11-9-,16-14-,17-15-,22-20-,23-21-,28-26-,29-27-,34-32-,35-33-,40-38-,41-39-,46-44-,47-45-,53-51-. The molecule has 0 N–H and O–H groups in total. The molecule has 0 bridgehead atoms. The number of esters is 2. The molecule has 82 heavy (non-hydrogen) atoms. The van der Waals surface area contributed by atoms with Crippen LogP contribution >= 0.6 is 7.82 Å². The van der Waals surface area contributed by atoms with E-state index in [9.17, 15) is 19.0 Å². The summed E-state index contributed by atoms with van der Waals surface area (Å²) < 4.78 is 34.2. The average molecular weight is 1150 g/mol. The van der Waals surface area contributed by atoms with E-state index >= 15 is 0 Å². The zero-order valence-corrected chi connectivity index (χ0v) is 53.0. The number of phosphoric acid groups is 1. The predicted octanol–water partition coefficient (Wildman–Crippen LogP) is 19.7. The number of nitrogens with zero attached hydrogens (tertiary/aromatic N) is 1. The number of likely N-dealkylation sites (N-methyl/N-ethyl adjacent to an activating group) is 1. The normalized spacial score (nSPS) is 14.5. The van der Waals surface area contributed by atoms with Crippen molar-refractivity contribution in [1.29, 1.82) is 0 Å². The van der Waals surface area contributed by atoms with Gasteiger partial charge in [-0.05, 0) is 135 Å². The maximum Gasteiger partial charge on any atom is 0.306 e. The molecule has 0 aromatic rings. The zero-order valence-electron chi connectivity index (χ0n) is 52.1. The van der Waals surface area contributed by atoms with Crippen molar-refractivity contribution < 1.29 is 42.1 Å². The number of phosphoric ester groups is 1. The van der Waals surface area contributed by atoms with Crippen LogP contribution in [0.1, 0.15) is 206 Å². The first-order chi connectivity index (χ1) is 40.0. The SMILES string of the molecule is CC/C=C\C/C=C\C/C=C\C/C=C\C/C=C\C/C=C\C/C=C\C/C=C\CCCCCCC(=O)OC(COC(=O)CCCCCCCCC/C=C\C/C=C\C/C=C\C/C=C\C/C=C\C/C=C\C/C=C\CC)COP(=O)([O-])OCC[N+](C)(C)C. The van der Waals surface area contributed by atoms with Crippen LogP contribution in [0.25, 0.3) is 0 Å². The first-order valence-corrected chi connectivity index (χ1v) is 33.0. The summed E-state index contributed by atoms with van der Waals surface area (Å²) in [5, 5.41) is 0. The van der Waals surface area contributed by atoms with Crippen LogP contribution in [0.3, 0.4) is 0 Å². The van der Waals surface area contributed by atoms with Crippen molar-refractivity contribution in [1.82, 2.24) is 0 Å². The minimum absolute atomic E-state index is 0.0497. The number of carbonyl (C=O) groups excluding carboxylic acids is 2. The van der Waals surface area contributed by atoms with Crippen LogP contribution in [0.2, 0.25) is 0 Å². The third-order valence-electron chi connectivity index (χ3n) is 12.4. The molecule has 0 radical (unpaired) electrons. The van der Waals surface area contributed by atoms with Crippen molar-refractivity contribution in [2.45, 2.75) is 213 Å². The molecule has 0 saturated carbocycles. The quantitative estimate of drug-likeness (QED) is 0.0195. The minimum atomic E-state index is -4.67. The first kappa shape index (κ1) is 77.1. The highest BCUT2D eigenvalue weighted by Crippen LogP contribution is 2.38. The van der Waals surface area contributed by atoms with Gasteiger partial charge in [0.25, 0.3) is 7.82 Å². The summed E-state index contributed by atoms with van der Waals surface area (Å²) in [5.41, 5.74) is 0. The predicted molar refractivity (Wildman–Crippen MR) is 350 cm³/mol. The lowest BCUT2D eigenvalue weighted by molar-refractivity contribution is -0.870. The summed E-state index contributed by atoms with van der Waals surface area (Å²) in [4.78, 5) is 38.0. The molecular formula is C72H114NO8P. The van der Waals surface area contributed by atoms with Crippen LogP contribution in [0.15, 0.2) is 182 Å². The highest BCUT2D eigenvalue weighted by molar-refractivity contribution is 7.45. The number of hydrogen-bond donors (Lipinski definition) is 0. The fraction of sp³-hybridized carbons (Fsp3) is 0.556. The summed E-state index contributed by atoms with van der Waals surface area (Å²) >= 11 is 0. The van der Waals surface area contributed by atoms with Gasteiger partial charge in [0.15, 0.2) is 6.10 Å². The molecule has 0 rings (SSSR count). The lowest BCUT2D eigenvalue weighted by Gasteiger charge is -2.28. The number of allylic oxidation sites excluding steroid dienone is 30. The van der Waals surface area contributed by atoms with E-state index in [4.69, 9.17) is 18.5 Å². The minimum Gasteiger partial charge on any atom is -0.756 e. The van der Waals surface area contributed by atoms with Gasteiger partial charge in [-0.15, -0.1) is 0 Å². The highest BCUT2D eigenvalue weighted by atomic mass is 31.2. The molecule has 0 aromatic carbocycles. The molecule has 10 heteroatoms. The fourth-order valence-corrected chi connectivity index (χ4v) is 8.38. The van der Waals surface area contributed by atoms with Crippen LogP contribution in [-0.4, -0.2) is 70.0 Å². The molecule has 460 valence electrons. The molecular weight excluding hydrogens is 1040 g/mol. The van der Waals surface area contributed by atoms with Crippen molar-refractivity contribution in [3.05, 3.63) is 182 Å².